The summed E-state index contributed by atoms with van der Waals surface area (Å²) in [5.41, 5.74) is 1.68. The van der Waals surface area contributed by atoms with Gasteiger partial charge in [0.05, 0.1) is 18.1 Å². The Morgan fingerprint density at radius 2 is 2.29 bits per heavy atom. The second-order valence-corrected chi connectivity index (χ2v) is 3.41. The van der Waals surface area contributed by atoms with Crippen molar-refractivity contribution in [2.24, 2.45) is 0 Å². The standard InChI is InChI=1S/C10H9NO2S/c1-6-8(5-11)7(4-10(12)13)2-3-9(6)14/h2-3,14H,4H2,1H3,(H,12,13). The van der Waals surface area contributed by atoms with Crippen LogP contribution in [-0.2, 0) is 11.2 Å². The van der Waals surface area contributed by atoms with Crippen molar-refractivity contribution < 1.29 is 9.90 Å². The van der Waals surface area contributed by atoms with Crippen LogP contribution in [0.4, 0.5) is 0 Å². The highest BCUT2D eigenvalue weighted by molar-refractivity contribution is 7.80. The summed E-state index contributed by atoms with van der Waals surface area (Å²) in [6.45, 7) is 1.76. The van der Waals surface area contributed by atoms with E-state index in [1.165, 1.54) is 0 Å². The minimum absolute atomic E-state index is 0.127. The van der Waals surface area contributed by atoms with Crippen molar-refractivity contribution in [3.63, 3.8) is 0 Å². The Labute approximate surface area is 87.4 Å². The minimum atomic E-state index is -0.937. The number of carbonyl (C=O) groups is 1. The summed E-state index contributed by atoms with van der Waals surface area (Å²) < 4.78 is 0. The maximum atomic E-state index is 10.5. The molecule has 0 aliphatic heterocycles. The van der Waals surface area contributed by atoms with Crippen molar-refractivity contribution in [2.45, 2.75) is 18.2 Å². The van der Waals surface area contributed by atoms with E-state index in [0.717, 1.165) is 5.56 Å². The molecule has 72 valence electrons. The first-order valence-corrected chi connectivity index (χ1v) is 4.44. The molecular weight excluding hydrogens is 198 g/mol. The van der Waals surface area contributed by atoms with Gasteiger partial charge in [-0.1, -0.05) is 6.07 Å². The lowest BCUT2D eigenvalue weighted by Gasteiger charge is -2.06. The van der Waals surface area contributed by atoms with Gasteiger partial charge in [-0.3, -0.25) is 4.79 Å². The number of hydrogen-bond donors (Lipinski definition) is 2. The zero-order valence-electron chi connectivity index (χ0n) is 7.61. The van der Waals surface area contributed by atoms with Crippen molar-refractivity contribution in [3.8, 4) is 6.07 Å². The molecule has 1 rings (SSSR count). The van der Waals surface area contributed by atoms with Crippen LogP contribution in [0.5, 0.6) is 0 Å². The van der Waals surface area contributed by atoms with Crippen molar-refractivity contribution in [2.75, 3.05) is 0 Å². The zero-order valence-corrected chi connectivity index (χ0v) is 8.51. The normalized spacial score (nSPS) is 9.50. The van der Waals surface area contributed by atoms with Gasteiger partial charge in [0.2, 0.25) is 0 Å². The lowest BCUT2D eigenvalue weighted by atomic mass is 10.0. The molecule has 0 unspecified atom stereocenters. The molecule has 0 fully saturated rings. The van der Waals surface area contributed by atoms with Gasteiger partial charge in [0.1, 0.15) is 0 Å². The van der Waals surface area contributed by atoms with Crippen LogP contribution in [0.15, 0.2) is 17.0 Å². The highest BCUT2D eigenvalue weighted by Crippen LogP contribution is 2.21. The van der Waals surface area contributed by atoms with Gasteiger partial charge in [0.25, 0.3) is 0 Å². The molecule has 3 nitrogen and oxygen atoms in total. The molecule has 0 aliphatic rings. The molecular formula is C10H9NO2S. The number of rotatable bonds is 2. The molecule has 1 aromatic rings. The fourth-order valence-electron chi connectivity index (χ4n) is 1.22. The van der Waals surface area contributed by atoms with Gasteiger partial charge >= 0.3 is 5.97 Å². The largest absolute Gasteiger partial charge is 0.481 e. The summed E-state index contributed by atoms with van der Waals surface area (Å²) in [5, 5.41) is 17.5. The average Bonchev–Trinajstić information content (AvgIpc) is 2.11. The van der Waals surface area contributed by atoms with Gasteiger partial charge in [0, 0.05) is 4.90 Å². The molecule has 0 atom stereocenters. The van der Waals surface area contributed by atoms with Gasteiger partial charge in [-0.25, -0.2) is 0 Å². The molecule has 0 spiro atoms. The average molecular weight is 207 g/mol. The number of aliphatic carboxylic acids is 1. The fraction of sp³-hybridized carbons (Fsp3) is 0.200. The van der Waals surface area contributed by atoms with Crippen LogP contribution in [0, 0.1) is 18.3 Å². The Kier molecular flexibility index (Phi) is 3.15. The van der Waals surface area contributed by atoms with Crippen LogP contribution < -0.4 is 0 Å². The Balaban J connectivity index is 3.26. The van der Waals surface area contributed by atoms with E-state index < -0.39 is 5.97 Å². The van der Waals surface area contributed by atoms with Crippen LogP contribution >= 0.6 is 12.6 Å². The quantitative estimate of drug-likeness (QED) is 0.727. The first-order valence-electron chi connectivity index (χ1n) is 3.99. The highest BCUT2D eigenvalue weighted by Gasteiger charge is 2.10. The van der Waals surface area contributed by atoms with E-state index in [1.54, 1.807) is 19.1 Å². The number of nitrogens with zero attached hydrogens (tertiary/aromatic N) is 1. The SMILES string of the molecule is Cc1c(S)ccc(CC(=O)O)c1C#N. The molecule has 0 bridgehead atoms. The number of nitriles is 1. The predicted molar refractivity (Wildman–Crippen MR) is 54.5 cm³/mol. The first-order chi connectivity index (χ1) is 6.56. The highest BCUT2D eigenvalue weighted by atomic mass is 32.1. The molecule has 14 heavy (non-hydrogen) atoms. The summed E-state index contributed by atoms with van der Waals surface area (Å²) in [6, 6.07) is 5.33. The van der Waals surface area contributed by atoms with Crippen LogP contribution in [-0.4, -0.2) is 11.1 Å². The summed E-state index contributed by atoms with van der Waals surface area (Å²) in [6.07, 6.45) is -0.127. The van der Waals surface area contributed by atoms with Gasteiger partial charge in [-0.05, 0) is 24.1 Å². The van der Waals surface area contributed by atoms with Gasteiger partial charge in [-0.15, -0.1) is 12.6 Å². The number of carboxylic acids is 1. The Morgan fingerprint density at radius 3 is 2.79 bits per heavy atom. The Hall–Kier alpha value is -1.47. The third kappa shape index (κ3) is 2.06. The third-order valence-electron chi connectivity index (χ3n) is 1.98. The molecule has 0 aliphatic carbocycles. The lowest BCUT2D eigenvalue weighted by Crippen LogP contribution is -2.03. The summed E-state index contributed by atoms with van der Waals surface area (Å²) >= 11 is 4.16. The first kappa shape index (κ1) is 10.6. The van der Waals surface area contributed by atoms with E-state index in [9.17, 15) is 4.79 Å². The minimum Gasteiger partial charge on any atom is -0.481 e. The monoisotopic (exact) mass is 207 g/mol. The number of carboxylic acid groups (broad SMARTS) is 1. The van der Waals surface area contributed by atoms with Crippen LogP contribution in [0.3, 0.4) is 0 Å². The topological polar surface area (TPSA) is 61.1 Å². The van der Waals surface area contributed by atoms with Gasteiger partial charge in [0.15, 0.2) is 0 Å². The summed E-state index contributed by atoms with van der Waals surface area (Å²) in [5.74, 6) is -0.937. The predicted octanol–water partition coefficient (Wildman–Crippen LogP) is 1.78. The molecule has 0 amide bonds. The van der Waals surface area contributed by atoms with Crippen LogP contribution in [0.2, 0.25) is 0 Å². The van der Waals surface area contributed by atoms with Crippen molar-refractivity contribution in [1.82, 2.24) is 0 Å². The van der Waals surface area contributed by atoms with Gasteiger partial charge < -0.3 is 5.11 Å². The summed E-state index contributed by atoms with van der Waals surface area (Å²) in [7, 11) is 0. The molecule has 1 N–H and O–H groups in total. The maximum Gasteiger partial charge on any atom is 0.307 e. The van der Waals surface area contributed by atoms with E-state index in [2.05, 4.69) is 12.6 Å². The van der Waals surface area contributed by atoms with E-state index in [4.69, 9.17) is 10.4 Å². The van der Waals surface area contributed by atoms with Crippen LogP contribution in [0.1, 0.15) is 16.7 Å². The molecule has 4 heteroatoms. The fourth-order valence-corrected chi connectivity index (χ4v) is 1.41. The van der Waals surface area contributed by atoms with Gasteiger partial charge in [-0.2, -0.15) is 5.26 Å². The van der Waals surface area contributed by atoms with Crippen LogP contribution in [0.25, 0.3) is 0 Å². The Morgan fingerprint density at radius 1 is 1.64 bits per heavy atom. The second kappa shape index (κ2) is 4.16. The maximum absolute atomic E-state index is 10.5. The second-order valence-electron chi connectivity index (χ2n) is 2.93. The number of hydrogen-bond acceptors (Lipinski definition) is 3. The molecule has 0 saturated carbocycles. The number of thiol groups is 1. The number of benzene rings is 1. The van der Waals surface area contributed by atoms with Crippen molar-refractivity contribution in [1.29, 1.82) is 5.26 Å². The lowest BCUT2D eigenvalue weighted by molar-refractivity contribution is -0.136. The van der Waals surface area contributed by atoms with E-state index in [1.807, 2.05) is 6.07 Å². The zero-order chi connectivity index (χ0) is 10.7. The van der Waals surface area contributed by atoms with E-state index in [0.29, 0.717) is 16.0 Å². The molecule has 0 heterocycles. The molecule has 1 aromatic carbocycles. The molecule has 0 saturated heterocycles. The van der Waals surface area contributed by atoms with Crippen molar-refractivity contribution in [3.05, 3.63) is 28.8 Å². The molecule has 0 radical (unpaired) electrons. The third-order valence-corrected chi connectivity index (χ3v) is 2.46. The smallest absolute Gasteiger partial charge is 0.307 e. The van der Waals surface area contributed by atoms with E-state index in [-0.39, 0.29) is 6.42 Å². The van der Waals surface area contributed by atoms with E-state index >= 15 is 0 Å². The van der Waals surface area contributed by atoms with Crippen molar-refractivity contribution >= 4 is 18.6 Å². The summed E-state index contributed by atoms with van der Waals surface area (Å²) in [4.78, 5) is 11.2. The molecule has 0 aromatic heterocycles. The Bertz CT molecular complexity index is 421.